The monoisotopic (exact) mass is 376 g/mol. The zero-order valence-corrected chi connectivity index (χ0v) is 12.9. The molecule has 1 aromatic carbocycles. The molecule has 18 heavy (non-hydrogen) atoms. The van der Waals surface area contributed by atoms with E-state index in [0.717, 1.165) is 27.6 Å². The van der Waals surface area contributed by atoms with Crippen molar-refractivity contribution in [1.29, 1.82) is 0 Å². The summed E-state index contributed by atoms with van der Waals surface area (Å²) >= 11 is 6.89. The van der Waals surface area contributed by atoms with Crippen molar-refractivity contribution in [3.63, 3.8) is 0 Å². The molecule has 0 aromatic heterocycles. The number of halogens is 2. The van der Waals surface area contributed by atoms with Gasteiger partial charge in [-0.3, -0.25) is 9.69 Å². The SMILES string of the molecule is O=C(O)C1CNCCN1Cc1ccc(Br)c(Br)c1. The fourth-order valence-electron chi connectivity index (χ4n) is 2.05. The van der Waals surface area contributed by atoms with Gasteiger partial charge in [-0.05, 0) is 49.6 Å². The van der Waals surface area contributed by atoms with Gasteiger partial charge in [0.1, 0.15) is 6.04 Å². The molecule has 4 nitrogen and oxygen atoms in total. The number of aliphatic carboxylic acids is 1. The molecule has 0 aliphatic carbocycles. The number of hydrogen-bond acceptors (Lipinski definition) is 3. The molecule has 2 N–H and O–H groups in total. The van der Waals surface area contributed by atoms with E-state index in [-0.39, 0.29) is 0 Å². The first kappa shape index (κ1) is 14.0. The van der Waals surface area contributed by atoms with Crippen LogP contribution in [0.4, 0.5) is 0 Å². The first-order valence-electron chi connectivity index (χ1n) is 5.69. The molecule has 0 amide bonds. The van der Waals surface area contributed by atoms with Crippen LogP contribution in [0.2, 0.25) is 0 Å². The van der Waals surface area contributed by atoms with Crippen LogP contribution in [-0.4, -0.2) is 41.7 Å². The highest BCUT2D eigenvalue weighted by atomic mass is 79.9. The van der Waals surface area contributed by atoms with Crippen LogP contribution in [0.25, 0.3) is 0 Å². The smallest absolute Gasteiger partial charge is 0.322 e. The Kier molecular flexibility index (Phi) is 4.77. The normalized spacial score (nSPS) is 20.9. The minimum atomic E-state index is -0.765. The van der Waals surface area contributed by atoms with Crippen LogP contribution in [0, 0.1) is 0 Å². The number of carboxylic acids is 1. The molecule has 1 aromatic rings. The Labute approximate surface area is 123 Å². The van der Waals surface area contributed by atoms with Crippen molar-refractivity contribution in [2.24, 2.45) is 0 Å². The lowest BCUT2D eigenvalue weighted by Crippen LogP contribution is -2.54. The first-order chi connectivity index (χ1) is 8.58. The van der Waals surface area contributed by atoms with Gasteiger partial charge in [0.15, 0.2) is 0 Å². The lowest BCUT2D eigenvalue weighted by molar-refractivity contribution is -0.144. The molecule has 1 heterocycles. The van der Waals surface area contributed by atoms with E-state index in [1.165, 1.54) is 0 Å². The third kappa shape index (κ3) is 3.32. The van der Waals surface area contributed by atoms with Crippen LogP contribution in [0.15, 0.2) is 27.1 Å². The highest BCUT2D eigenvalue weighted by molar-refractivity contribution is 9.13. The van der Waals surface area contributed by atoms with Crippen molar-refractivity contribution in [3.8, 4) is 0 Å². The maximum absolute atomic E-state index is 11.2. The number of carboxylic acid groups (broad SMARTS) is 1. The second-order valence-corrected chi connectivity index (χ2v) is 5.99. The van der Waals surface area contributed by atoms with E-state index in [4.69, 9.17) is 0 Å². The van der Waals surface area contributed by atoms with Crippen molar-refractivity contribution in [2.75, 3.05) is 19.6 Å². The van der Waals surface area contributed by atoms with E-state index in [1.54, 1.807) is 0 Å². The summed E-state index contributed by atoms with van der Waals surface area (Å²) in [5.74, 6) is -0.765. The van der Waals surface area contributed by atoms with Gasteiger partial charge in [-0.2, -0.15) is 0 Å². The molecule has 1 aliphatic heterocycles. The molecule has 0 radical (unpaired) electrons. The van der Waals surface area contributed by atoms with E-state index in [2.05, 4.69) is 37.2 Å². The zero-order valence-electron chi connectivity index (χ0n) is 9.70. The van der Waals surface area contributed by atoms with Crippen molar-refractivity contribution in [1.82, 2.24) is 10.2 Å². The molecule has 0 saturated carbocycles. The molecular weight excluding hydrogens is 364 g/mol. The number of hydrogen-bond donors (Lipinski definition) is 2. The van der Waals surface area contributed by atoms with Crippen LogP contribution in [0.1, 0.15) is 5.56 Å². The summed E-state index contributed by atoms with van der Waals surface area (Å²) in [4.78, 5) is 13.2. The van der Waals surface area contributed by atoms with Gasteiger partial charge in [0.05, 0.1) is 0 Å². The van der Waals surface area contributed by atoms with Gasteiger partial charge in [-0.25, -0.2) is 0 Å². The average Bonchev–Trinajstić information content (AvgIpc) is 2.34. The summed E-state index contributed by atoms with van der Waals surface area (Å²) in [5.41, 5.74) is 1.11. The van der Waals surface area contributed by atoms with Crippen molar-refractivity contribution < 1.29 is 9.90 Å². The Morgan fingerprint density at radius 1 is 1.44 bits per heavy atom. The molecular formula is C12H14Br2N2O2. The number of nitrogens with one attached hydrogen (secondary N) is 1. The Hall–Kier alpha value is -0.430. The van der Waals surface area contributed by atoms with E-state index in [0.29, 0.717) is 13.1 Å². The van der Waals surface area contributed by atoms with Crippen LogP contribution in [0.5, 0.6) is 0 Å². The average molecular weight is 378 g/mol. The third-order valence-electron chi connectivity index (χ3n) is 3.01. The van der Waals surface area contributed by atoms with E-state index in [1.807, 2.05) is 23.1 Å². The van der Waals surface area contributed by atoms with Gasteiger partial charge in [-0.1, -0.05) is 6.07 Å². The molecule has 1 aliphatic rings. The van der Waals surface area contributed by atoms with E-state index < -0.39 is 12.0 Å². The zero-order chi connectivity index (χ0) is 13.1. The van der Waals surface area contributed by atoms with Gasteiger partial charge < -0.3 is 10.4 Å². The Bertz CT molecular complexity index is 454. The summed E-state index contributed by atoms with van der Waals surface area (Å²) in [5, 5.41) is 12.3. The Morgan fingerprint density at radius 2 is 2.22 bits per heavy atom. The Balaban J connectivity index is 2.10. The predicted octanol–water partition coefficient (Wildman–Crippen LogP) is 2.07. The predicted molar refractivity (Wildman–Crippen MR) is 76.5 cm³/mol. The molecule has 1 unspecified atom stereocenters. The number of nitrogens with zero attached hydrogens (tertiary/aromatic N) is 1. The largest absolute Gasteiger partial charge is 0.480 e. The number of carbonyl (C=O) groups is 1. The summed E-state index contributed by atoms with van der Waals surface area (Å²) in [6.07, 6.45) is 0. The van der Waals surface area contributed by atoms with Crippen LogP contribution < -0.4 is 5.32 Å². The highest BCUT2D eigenvalue weighted by Gasteiger charge is 2.28. The highest BCUT2D eigenvalue weighted by Crippen LogP contribution is 2.24. The van der Waals surface area contributed by atoms with Crippen LogP contribution in [0.3, 0.4) is 0 Å². The number of piperazine rings is 1. The van der Waals surface area contributed by atoms with Gasteiger partial charge in [0.2, 0.25) is 0 Å². The summed E-state index contributed by atoms with van der Waals surface area (Å²) < 4.78 is 1.99. The standard InChI is InChI=1S/C12H14Br2N2O2/c13-9-2-1-8(5-10(9)14)7-16-4-3-15-6-11(16)12(17)18/h1-2,5,11,15H,3-4,6-7H2,(H,17,18). The first-order valence-corrected chi connectivity index (χ1v) is 7.28. The van der Waals surface area contributed by atoms with Crippen LogP contribution in [-0.2, 0) is 11.3 Å². The molecule has 0 bridgehead atoms. The molecule has 98 valence electrons. The van der Waals surface area contributed by atoms with Crippen molar-refractivity contribution in [2.45, 2.75) is 12.6 Å². The maximum atomic E-state index is 11.2. The second kappa shape index (κ2) is 6.14. The molecule has 1 fully saturated rings. The maximum Gasteiger partial charge on any atom is 0.322 e. The Morgan fingerprint density at radius 3 is 2.89 bits per heavy atom. The van der Waals surface area contributed by atoms with Gasteiger partial charge in [0.25, 0.3) is 0 Å². The molecule has 1 saturated heterocycles. The second-order valence-electron chi connectivity index (χ2n) is 4.28. The number of benzene rings is 1. The fraction of sp³-hybridized carbons (Fsp3) is 0.417. The van der Waals surface area contributed by atoms with Gasteiger partial charge in [-0.15, -0.1) is 0 Å². The van der Waals surface area contributed by atoms with E-state index in [9.17, 15) is 9.90 Å². The topological polar surface area (TPSA) is 52.6 Å². The van der Waals surface area contributed by atoms with Crippen molar-refractivity contribution in [3.05, 3.63) is 32.7 Å². The third-order valence-corrected chi connectivity index (χ3v) is 4.89. The van der Waals surface area contributed by atoms with Gasteiger partial charge in [0, 0.05) is 35.1 Å². The lowest BCUT2D eigenvalue weighted by Gasteiger charge is -2.33. The number of rotatable bonds is 3. The minimum Gasteiger partial charge on any atom is -0.480 e. The summed E-state index contributed by atoms with van der Waals surface area (Å²) in [7, 11) is 0. The fourth-order valence-corrected chi connectivity index (χ4v) is 2.72. The van der Waals surface area contributed by atoms with Crippen molar-refractivity contribution >= 4 is 37.8 Å². The summed E-state index contributed by atoms with van der Waals surface area (Å²) in [6, 6.07) is 5.55. The minimum absolute atomic E-state index is 0.443. The molecule has 2 rings (SSSR count). The lowest BCUT2D eigenvalue weighted by atomic mass is 10.1. The summed E-state index contributed by atoms with van der Waals surface area (Å²) in [6.45, 7) is 2.75. The van der Waals surface area contributed by atoms with Crippen LogP contribution >= 0.6 is 31.9 Å². The molecule has 6 heteroatoms. The quantitative estimate of drug-likeness (QED) is 0.846. The van der Waals surface area contributed by atoms with E-state index >= 15 is 0 Å². The van der Waals surface area contributed by atoms with Gasteiger partial charge >= 0.3 is 5.97 Å². The molecule has 0 spiro atoms. The molecule has 1 atom stereocenters.